The summed E-state index contributed by atoms with van der Waals surface area (Å²) in [4.78, 5) is 0. The van der Waals surface area contributed by atoms with Gasteiger partial charge in [-0.3, -0.25) is 0 Å². The molecule has 2 atom stereocenters. The van der Waals surface area contributed by atoms with E-state index in [2.05, 4.69) is 49.4 Å². The third-order valence-corrected chi connectivity index (χ3v) is 3.72. The molecular weight excluding hydrogens is 180 g/mol. The lowest BCUT2D eigenvalue weighted by atomic mass is 9.71. The summed E-state index contributed by atoms with van der Waals surface area (Å²) < 4.78 is 0. The second-order valence-electron chi connectivity index (χ2n) is 4.69. The fraction of sp³-hybridized carbons (Fsp3) is 0.333. The number of hydrogen-bond acceptors (Lipinski definition) is 0. The van der Waals surface area contributed by atoms with Crippen molar-refractivity contribution in [1.29, 1.82) is 0 Å². The average Bonchev–Trinajstić information content (AvgIpc) is 2.31. The number of hydrogen-bond donors (Lipinski definition) is 0. The van der Waals surface area contributed by atoms with E-state index < -0.39 is 0 Å². The second-order valence-corrected chi connectivity index (χ2v) is 4.69. The Morgan fingerprint density at radius 3 is 2.27 bits per heavy atom. The Morgan fingerprint density at radius 2 is 1.67 bits per heavy atom. The van der Waals surface area contributed by atoms with E-state index >= 15 is 0 Å². The van der Waals surface area contributed by atoms with Crippen molar-refractivity contribution in [3.8, 4) is 0 Å². The smallest absolute Gasteiger partial charge is 0.00240 e. The van der Waals surface area contributed by atoms with Gasteiger partial charge in [0.05, 0.1) is 0 Å². The molecule has 0 spiro atoms. The summed E-state index contributed by atoms with van der Waals surface area (Å²) in [5.41, 5.74) is 4.54. The second kappa shape index (κ2) is 3.37. The summed E-state index contributed by atoms with van der Waals surface area (Å²) in [6.07, 6.45) is 7.64. The van der Waals surface area contributed by atoms with E-state index in [9.17, 15) is 0 Å². The van der Waals surface area contributed by atoms with E-state index in [0.29, 0.717) is 11.8 Å². The number of rotatable bonds is 1. The van der Waals surface area contributed by atoms with E-state index in [4.69, 9.17) is 0 Å². The molecule has 0 nitrogen and oxygen atoms in total. The first kappa shape index (κ1) is 8.96. The van der Waals surface area contributed by atoms with Gasteiger partial charge in [-0.1, -0.05) is 48.1 Å². The maximum atomic E-state index is 2.48. The quantitative estimate of drug-likeness (QED) is 0.594. The molecule has 0 radical (unpaired) electrons. The number of allylic oxidation sites excluding steroid dienone is 4. The Bertz CT molecular complexity index is 423. The van der Waals surface area contributed by atoms with E-state index in [1.807, 2.05) is 0 Å². The molecule has 1 aromatic carbocycles. The molecule has 0 aromatic heterocycles. The van der Waals surface area contributed by atoms with Gasteiger partial charge >= 0.3 is 0 Å². The van der Waals surface area contributed by atoms with Gasteiger partial charge < -0.3 is 0 Å². The van der Waals surface area contributed by atoms with Crippen LogP contribution in [0.1, 0.15) is 25.3 Å². The minimum Gasteiger partial charge on any atom is -0.0775 e. The maximum absolute atomic E-state index is 2.48. The van der Waals surface area contributed by atoms with E-state index in [0.717, 1.165) is 0 Å². The molecule has 4 rings (SSSR count). The fourth-order valence-corrected chi connectivity index (χ4v) is 2.85. The maximum Gasteiger partial charge on any atom is 0.00240 e. The van der Waals surface area contributed by atoms with Gasteiger partial charge in [-0.2, -0.15) is 0 Å². The third-order valence-electron chi connectivity index (χ3n) is 3.72. The Kier molecular flexibility index (Phi) is 2.02. The lowest BCUT2D eigenvalue weighted by molar-refractivity contribution is 0.518. The van der Waals surface area contributed by atoms with Crippen molar-refractivity contribution in [2.45, 2.75) is 19.8 Å². The molecule has 1 aromatic rings. The molecule has 2 unspecified atom stereocenters. The zero-order chi connectivity index (χ0) is 10.3. The summed E-state index contributed by atoms with van der Waals surface area (Å²) >= 11 is 0. The van der Waals surface area contributed by atoms with Crippen LogP contribution in [0.15, 0.2) is 48.1 Å². The molecule has 0 N–H and O–H groups in total. The summed E-state index contributed by atoms with van der Waals surface area (Å²) in [5, 5.41) is 0. The summed E-state index contributed by atoms with van der Waals surface area (Å²) in [6.45, 7) is 2.27. The van der Waals surface area contributed by atoms with Gasteiger partial charge in [0.1, 0.15) is 0 Å². The summed E-state index contributed by atoms with van der Waals surface area (Å²) in [6, 6.07) is 10.8. The zero-order valence-electron chi connectivity index (χ0n) is 9.11. The molecule has 15 heavy (non-hydrogen) atoms. The van der Waals surface area contributed by atoms with Crippen LogP contribution in [0.2, 0.25) is 0 Å². The molecule has 3 aliphatic carbocycles. The SMILES string of the molecule is CC1=CC2CCC1C=C2c1ccccc1. The number of fused-ring (bicyclic) bond motifs is 1. The van der Waals surface area contributed by atoms with Gasteiger partial charge in [-0.25, -0.2) is 0 Å². The Morgan fingerprint density at radius 1 is 0.933 bits per heavy atom. The monoisotopic (exact) mass is 196 g/mol. The average molecular weight is 196 g/mol. The number of benzene rings is 1. The molecule has 0 aliphatic heterocycles. The van der Waals surface area contributed by atoms with Gasteiger partial charge in [-0.15, -0.1) is 0 Å². The van der Waals surface area contributed by atoms with Crippen LogP contribution in [0.25, 0.3) is 5.57 Å². The first-order valence-corrected chi connectivity index (χ1v) is 5.80. The van der Waals surface area contributed by atoms with Crippen molar-refractivity contribution in [2.75, 3.05) is 0 Å². The highest BCUT2D eigenvalue weighted by molar-refractivity contribution is 5.72. The molecule has 0 saturated heterocycles. The highest BCUT2D eigenvalue weighted by atomic mass is 14.3. The molecule has 0 fully saturated rings. The van der Waals surface area contributed by atoms with Crippen molar-refractivity contribution in [3.05, 3.63) is 53.6 Å². The van der Waals surface area contributed by atoms with Crippen LogP contribution in [-0.4, -0.2) is 0 Å². The summed E-state index contributed by atoms with van der Waals surface area (Å²) in [5.74, 6) is 1.39. The molecule has 0 amide bonds. The Labute approximate surface area is 91.3 Å². The molecule has 2 bridgehead atoms. The van der Waals surface area contributed by atoms with Crippen LogP contribution in [0.4, 0.5) is 0 Å². The van der Waals surface area contributed by atoms with Crippen LogP contribution < -0.4 is 0 Å². The topological polar surface area (TPSA) is 0 Å². The van der Waals surface area contributed by atoms with Crippen molar-refractivity contribution in [3.63, 3.8) is 0 Å². The normalized spacial score (nSPS) is 28.6. The predicted molar refractivity (Wildman–Crippen MR) is 64.4 cm³/mol. The van der Waals surface area contributed by atoms with E-state index in [1.54, 1.807) is 11.1 Å². The van der Waals surface area contributed by atoms with Crippen molar-refractivity contribution < 1.29 is 0 Å². The van der Waals surface area contributed by atoms with E-state index in [1.165, 1.54) is 18.4 Å². The molecule has 3 aliphatic rings. The molecule has 76 valence electrons. The minimum absolute atomic E-state index is 0.678. The largest absolute Gasteiger partial charge is 0.0775 e. The van der Waals surface area contributed by atoms with Crippen molar-refractivity contribution >= 4 is 5.57 Å². The Balaban J connectivity index is 2.01. The van der Waals surface area contributed by atoms with Gasteiger partial charge in [-0.05, 0) is 36.8 Å². The zero-order valence-corrected chi connectivity index (χ0v) is 9.11. The van der Waals surface area contributed by atoms with E-state index in [-0.39, 0.29) is 0 Å². The van der Waals surface area contributed by atoms with Crippen LogP contribution in [-0.2, 0) is 0 Å². The van der Waals surface area contributed by atoms with Crippen LogP contribution in [0, 0.1) is 11.8 Å². The predicted octanol–water partition coefficient (Wildman–Crippen LogP) is 4.06. The summed E-state index contributed by atoms with van der Waals surface area (Å²) in [7, 11) is 0. The van der Waals surface area contributed by atoms with Gasteiger partial charge in [0.15, 0.2) is 0 Å². The minimum atomic E-state index is 0.678. The molecule has 0 saturated carbocycles. The highest BCUT2D eigenvalue weighted by Crippen LogP contribution is 2.43. The molecule has 0 heterocycles. The highest BCUT2D eigenvalue weighted by Gasteiger charge is 2.28. The van der Waals surface area contributed by atoms with Crippen molar-refractivity contribution in [1.82, 2.24) is 0 Å². The van der Waals surface area contributed by atoms with Crippen molar-refractivity contribution in [2.24, 2.45) is 11.8 Å². The first-order chi connectivity index (χ1) is 7.34. The first-order valence-electron chi connectivity index (χ1n) is 5.80. The standard InChI is InChI=1S/C15H16/c1-11-9-14-8-7-13(11)10-15(14)12-5-3-2-4-6-12/h2-6,9-10,13-14H,7-8H2,1H3. The lowest BCUT2D eigenvalue weighted by Gasteiger charge is -2.34. The van der Waals surface area contributed by atoms with Crippen LogP contribution >= 0.6 is 0 Å². The molecular formula is C15H16. The van der Waals surface area contributed by atoms with Gasteiger partial charge in [0.2, 0.25) is 0 Å². The fourth-order valence-electron chi connectivity index (χ4n) is 2.85. The molecule has 0 heteroatoms. The van der Waals surface area contributed by atoms with Gasteiger partial charge in [0.25, 0.3) is 0 Å². The Hall–Kier alpha value is -1.30. The third kappa shape index (κ3) is 1.45. The lowest BCUT2D eigenvalue weighted by Crippen LogP contribution is -2.19. The van der Waals surface area contributed by atoms with Crippen LogP contribution in [0.5, 0.6) is 0 Å². The van der Waals surface area contributed by atoms with Crippen LogP contribution in [0.3, 0.4) is 0 Å². The van der Waals surface area contributed by atoms with Gasteiger partial charge in [0, 0.05) is 5.92 Å².